The molecular weight excluding hydrogens is 404 g/mol. The zero-order chi connectivity index (χ0) is 23.2. The lowest BCUT2D eigenvalue weighted by Crippen LogP contribution is -2.61. The summed E-state index contributed by atoms with van der Waals surface area (Å²) in [6.07, 6.45) is -0.641. The molecule has 0 radical (unpaired) electrons. The van der Waals surface area contributed by atoms with E-state index in [4.69, 9.17) is 4.74 Å². The first-order valence-corrected chi connectivity index (χ1v) is 13.0. The van der Waals surface area contributed by atoms with E-state index >= 15 is 0 Å². The first-order valence-electron chi connectivity index (χ1n) is 10.5. The Labute approximate surface area is 179 Å². The molecule has 2 rings (SSSR count). The fourth-order valence-electron chi connectivity index (χ4n) is 5.75. The Balaban J connectivity index is 2.44. The molecule has 5 atom stereocenters. The van der Waals surface area contributed by atoms with Gasteiger partial charge in [-0.3, -0.25) is 14.3 Å². The van der Waals surface area contributed by atoms with Crippen LogP contribution in [-0.2, 0) is 4.74 Å². The van der Waals surface area contributed by atoms with Crippen molar-refractivity contribution in [3.63, 3.8) is 0 Å². The summed E-state index contributed by atoms with van der Waals surface area (Å²) >= 11 is 0. The summed E-state index contributed by atoms with van der Waals surface area (Å²) < 4.78 is 7.27. The van der Waals surface area contributed by atoms with Crippen molar-refractivity contribution in [1.82, 2.24) is 9.55 Å². The minimum absolute atomic E-state index is 0.0276. The van der Waals surface area contributed by atoms with E-state index in [1.165, 1.54) is 10.8 Å². The lowest BCUT2D eigenvalue weighted by molar-refractivity contribution is -0.165. The molecule has 30 heavy (non-hydrogen) atoms. The monoisotopic (exact) mass is 442 g/mol. The van der Waals surface area contributed by atoms with Crippen LogP contribution in [0.1, 0.15) is 59.8 Å². The molecule has 0 aliphatic carbocycles. The van der Waals surface area contributed by atoms with E-state index in [9.17, 15) is 24.9 Å². The fraction of sp³-hybridized carbons (Fsp3) is 0.810. The predicted molar refractivity (Wildman–Crippen MR) is 118 cm³/mol. The van der Waals surface area contributed by atoms with Crippen LogP contribution in [0.5, 0.6) is 0 Å². The van der Waals surface area contributed by atoms with Crippen molar-refractivity contribution >= 4 is 8.80 Å². The highest BCUT2D eigenvalue weighted by atomic mass is 28.3. The second-order valence-corrected chi connectivity index (χ2v) is 13.9. The molecule has 1 aliphatic heterocycles. The van der Waals surface area contributed by atoms with Gasteiger partial charge in [0.25, 0.3) is 5.56 Å². The summed E-state index contributed by atoms with van der Waals surface area (Å²) in [6.45, 7) is 15.9. The normalized spacial score (nSPS) is 27.5. The van der Waals surface area contributed by atoms with Gasteiger partial charge in [0.1, 0.15) is 11.8 Å². The lowest BCUT2D eigenvalue weighted by Gasteiger charge is -2.48. The van der Waals surface area contributed by atoms with Gasteiger partial charge in [0.2, 0.25) is 0 Å². The number of ether oxygens (including phenoxy) is 1. The molecule has 0 saturated carbocycles. The van der Waals surface area contributed by atoms with E-state index < -0.39 is 50.3 Å². The Hall–Kier alpha value is -1.26. The lowest BCUT2D eigenvalue weighted by atomic mass is 9.76. The summed E-state index contributed by atoms with van der Waals surface area (Å²) in [5, 5.41) is 32.6. The van der Waals surface area contributed by atoms with Gasteiger partial charge in [-0.1, -0.05) is 48.1 Å². The van der Waals surface area contributed by atoms with Gasteiger partial charge in [0.05, 0.1) is 27.2 Å². The largest absolute Gasteiger partial charge is 0.394 e. The number of aromatic nitrogens is 2. The molecule has 4 N–H and O–H groups in total. The van der Waals surface area contributed by atoms with Crippen LogP contribution < -0.4 is 11.2 Å². The molecule has 1 saturated heterocycles. The molecule has 9 heteroatoms. The van der Waals surface area contributed by atoms with Gasteiger partial charge in [0, 0.05) is 18.2 Å². The predicted octanol–water partition coefficient (Wildman–Crippen LogP) is 1.08. The first kappa shape index (κ1) is 25.0. The van der Waals surface area contributed by atoms with Crippen LogP contribution in [0.4, 0.5) is 0 Å². The number of nitrogens with zero attached hydrogens (tertiary/aromatic N) is 1. The van der Waals surface area contributed by atoms with Crippen molar-refractivity contribution in [2.75, 3.05) is 6.61 Å². The standard InChI is InChI=1S/C21H38N2O6Si/c1-12-10-23(18(28)22-15(12)26)14-9-13(25)21(11-24,29-14)17(27)30(8)16(19(2,3)4)20(5,6)7/h10,13-14,16-17,24-25,27,30H,9,11H2,1-8H3,(H,22,26,28)/t13-,14+,17?,21-,30?/m0/s1. The maximum Gasteiger partial charge on any atom is 0.330 e. The fourth-order valence-corrected chi connectivity index (χ4v) is 10.6. The number of aromatic amines is 1. The van der Waals surface area contributed by atoms with Crippen molar-refractivity contribution in [3.05, 3.63) is 32.6 Å². The smallest absolute Gasteiger partial charge is 0.330 e. The zero-order valence-corrected chi connectivity index (χ0v) is 20.5. The number of H-pyrrole nitrogens is 1. The van der Waals surface area contributed by atoms with Crippen LogP contribution in [-0.4, -0.2) is 57.7 Å². The molecule has 2 unspecified atom stereocenters. The van der Waals surface area contributed by atoms with Gasteiger partial charge >= 0.3 is 5.69 Å². The average Bonchev–Trinajstić information content (AvgIpc) is 2.92. The number of hydrogen-bond acceptors (Lipinski definition) is 6. The van der Waals surface area contributed by atoms with Gasteiger partial charge < -0.3 is 20.1 Å². The second kappa shape index (κ2) is 8.35. The third-order valence-electron chi connectivity index (χ3n) is 6.44. The van der Waals surface area contributed by atoms with Crippen molar-refractivity contribution < 1.29 is 20.1 Å². The summed E-state index contributed by atoms with van der Waals surface area (Å²) in [5.41, 5.74) is -3.41. The van der Waals surface area contributed by atoms with Gasteiger partial charge in [0.15, 0.2) is 0 Å². The van der Waals surface area contributed by atoms with Gasteiger partial charge in [-0.15, -0.1) is 0 Å². The molecule has 1 fully saturated rings. The zero-order valence-electron chi connectivity index (χ0n) is 19.4. The van der Waals surface area contributed by atoms with E-state index in [1.54, 1.807) is 6.92 Å². The Kier molecular flexibility index (Phi) is 6.96. The van der Waals surface area contributed by atoms with E-state index in [2.05, 4.69) is 46.5 Å². The highest BCUT2D eigenvalue weighted by Gasteiger charge is 2.57. The number of rotatable bonds is 5. The summed E-state index contributed by atoms with van der Waals surface area (Å²) in [5.74, 6) is 0. The van der Waals surface area contributed by atoms with Crippen LogP contribution in [0.25, 0.3) is 0 Å². The van der Waals surface area contributed by atoms with Crippen molar-refractivity contribution in [1.29, 1.82) is 0 Å². The Morgan fingerprint density at radius 3 is 2.27 bits per heavy atom. The molecule has 8 nitrogen and oxygen atoms in total. The van der Waals surface area contributed by atoms with Gasteiger partial charge in [-0.05, 0) is 23.3 Å². The SMILES string of the molecule is Cc1cn([C@H]2C[C@H](O)[C@@](CO)(C(O)[SiH](C)C(C(C)(C)C)C(C)(C)C)O2)c(=O)[nH]c1=O. The molecule has 1 aliphatic rings. The Bertz CT molecular complexity index is 854. The highest BCUT2D eigenvalue weighted by molar-refractivity contribution is 6.61. The topological polar surface area (TPSA) is 125 Å². The van der Waals surface area contributed by atoms with Crippen molar-refractivity contribution in [3.8, 4) is 0 Å². The number of aliphatic hydroxyl groups excluding tert-OH is 3. The molecule has 0 spiro atoms. The average molecular weight is 443 g/mol. The molecule has 172 valence electrons. The maximum absolute atomic E-state index is 12.3. The maximum atomic E-state index is 12.3. The number of nitrogens with one attached hydrogen (secondary N) is 1. The number of hydrogen-bond donors (Lipinski definition) is 4. The van der Waals surface area contributed by atoms with Gasteiger partial charge in [-0.25, -0.2) is 4.79 Å². The number of aliphatic hydroxyl groups is 3. The Morgan fingerprint density at radius 2 is 1.80 bits per heavy atom. The highest BCUT2D eigenvalue weighted by Crippen LogP contribution is 2.50. The van der Waals surface area contributed by atoms with Crippen LogP contribution in [0.2, 0.25) is 12.1 Å². The van der Waals surface area contributed by atoms with E-state index in [1.807, 2.05) is 6.55 Å². The van der Waals surface area contributed by atoms with E-state index in [-0.39, 0.29) is 22.8 Å². The van der Waals surface area contributed by atoms with Crippen LogP contribution in [0.15, 0.2) is 15.8 Å². The van der Waals surface area contributed by atoms with E-state index in [0.717, 1.165) is 0 Å². The molecule has 0 bridgehead atoms. The van der Waals surface area contributed by atoms with Crippen molar-refractivity contribution in [2.45, 2.75) is 90.6 Å². The summed E-state index contributed by atoms with van der Waals surface area (Å²) in [4.78, 5) is 26.2. The molecule has 0 amide bonds. The minimum atomic E-state index is -2.02. The van der Waals surface area contributed by atoms with Crippen LogP contribution >= 0.6 is 0 Å². The van der Waals surface area contributed by atoms with Crippen LogP contribution in [0.3, 0.4) is 0 Å². The third kappa shape index (κ3) is 4.50. The Morgan fingerprint density at radius 1 is 1.27 bits per heavy atom. The molecule has 1 aromatic rings. The van der Waals surface area contributed by atoms with Gasteiger partial charge in [-0.2, -0.15) is 0 Å². The summed E-state index contributed by atoms with van der Waals surface area (Å²) in [7, 11) is -2.02. The van der Waals surface area contributed by atoms with Crippen LogP contribution in [0, 0.1) is 17.8 Å². The third-order valence-corrected chi connectivity index (χ3v) is 11.0. The molecule has 1 aromatic heterocycles. The minimum Gasteiger partial charge on any atom is -0.394 e. The molecule has 2 heterocycles. The quantitative estimate of drug-likeness (QED) is 0.506. The molecular formula is C21H38N2O6Si. The second-order valence-electron chi connectivity index (χ2n) is 10.9. The molecule has 0 aromatic carbocycles. The summed E-state index contributed by atoms with van der Waals surface area (Å²) in [6, 6.07) is 0. The van der Waals surface area contributed by atoms with Crippen molar-refractivity contribution in [2.24, 2.45) is 10.8 Å². The first-order chi connectivity index (χ1) is 13.6. The van der Waals surface area contributed by atoms with E-state index in [0.29, 0.717) is 5.56 Å². The number of aryl methyl sites for hydroxylation is 1.